The second-order valence-electron chi connectivity index (χ2n) is 6.72. The zero-order valence-electron chi connectivity index (χ0n) is 15.2. The Morgan fingerprint density at radius 2 is 2.19 bits per heavy atom. The van der Waals surface area contributed by atoms with Crippen LogP contribution in [0.1, 0.15) is 18.7 Å². The summed E-state index contributed by atoms with van der Waals surface area (Å²) in [5.41, 5.74) is 2.56. The van der Waals surface area contributed by atoms with Gasteiger partial charge in [0.1, 0.15) is 5.82 Å². The van der Waals surface area contributed by atoms with E-state index in [1.807, 2.05) is 59.1 Å². The van der Waals surface area contributed by atoms with Gasteiger partial charge in [-0.25, -0.2) is 14.8 Å². The monoisotopic (exact) mass is 362 g/mol. The Morgan fingerprint density at radius 3 is 3.00 bits per heavy atom. The van der Waals surface area contributed by atoms with E-state index in [1.54, 1.807) is 12.4 Å². The first kappa shape index (κ1) is 17.2. The average Bonchev–Trinajstić information content (AvgIpc) is 3.34. The second kappa shape index (κ2) is 7.57. The van der Waals surface area contributed by atoms with Crippen molar-refractivity contribution in [3.8, 4) is 11.3 Å². The van der Waals surface area contributed by atoms with E-state index < -0.39 is 0 Å². The molecule has 3 heterocycles. The molecule has 3 aromatic rings. The number of likely N-dealkylation sites (tertiary alicyclic amines) is 1. The minimum Gasteiger partial charge on any atom is -0.320 e. The lowest BCUT2D eigenvalue weighted by Crippen LogP contribution is -2.40. The van der Waals surface area contributed by atoms with Gasteiger partial charge < -0.3 is 10.2 Å². The molecule has 1 fully saturated rings. The van der Waals surface area contributed by atoms with Crippen LogP contribution in [-0.2, 0) is 6.54 Å². The normalized spacial score (nSPS) is 16.5. The second-order valence-corrected chi connectivity index (χ2v) is 6.72. The van der Waals surface area contributed by atoms with Gasteiger partial charge in [0.2, 0.25) is 0 Å². The first-order valence-corrected chi connectivity index (χ1v) is 9.14. The van der Waals surface area contributed by atoms with E-state index in [1.165, 1.54) is 0 Å². The number of anilines is 1. The number of urea groups is 1. The largest absolute Gasteiger partial charge is 0.322 e. The summed E-state index contributed by atoms with van der Waals surface area (Å²) < 4.78 is 1.88. The Bertz CT molecular complexity index is 924. The Balaban J connectivity index is 1.47. The fraction of sp³-hybridized carbons (Fsp3) is 0.300. The molecule has 0 saturated carbocycles. The zero-order chi connectivity index (χ0) is 18.6. The quantitative estimate of drug-likeness (QED) is 0.772. The third kappa shape index (κ3) is 3.97. The Labute approximate surface area is 158 Å². The molecule has 138 valence electrons. The minimum absolute atomic E-state index is 0.0688. The van der Waals surface area contributed by atoms with Crippen LogP contribution in [0.3, 0.4) is 0 Å². The van der Waals surface area contributed by atoms with Crippen molar-refractivity contribution in [3.63, 3.8) is 0 Å². The van der Waals surface area contributed by atoms with E-state index in [2.05, 4.69) is 20.4 Å². The SMILES string of the molecule is Cc1nccc(-c2cccc(NC(=O)N3CCCC3Cn3cccn3)c2)n1. The zero-order valence-corrected chi connectivity index (χ0v) is 15.2. The number of amides is 2. The molecule has 1 N–H and O–H groups in total. The number of carbonyl (C=O) groups is 1. The lowest BCUT2D eigenvalue weighted by atomic mass is 10.1. The van der Waals surface area contributed by atoms with E-state index in [-0.39, 0.29) is 12.1 Å². The third-order valence-electron chi connectivity index (χ3n) is 4.78. The molecule has 1 aliphatic heterocycles. The van der Waals surface area contributed by atoms with Crippen molar-refractivity contribution < 1.29 is 4.79 Å². The topological polar surface area (TPSA) is 75.9 Å². The van der Waals surface area contributed by atoms with Crippen molar-refractivity contribution in [3.05, 3.63) is 60.8 Å². The molecule has 0 spiro atoms. The van der Waals surface area contributed by atoms with Crippen LogP contribution in [0.4, 0.5) is 10.5 Å². The van der Waals surface area contributed by atoms with Crippen LogP contribution in [0, 0.1) is 6.92 Å². The lowest BCUT2D eigenvalue weighted by Gasteiger charge is -2.25. The van der Waals surface area contributed by atoms with Crippen molar-refractivity contribution in [1.82, 2.24) is 24.6 Å². The molecule has 1 aliphatic rings. The number of carbonyl (C=O) groups excluding carboxylic acids is 1. The maximum Gasteiger partial charge on any atom is 0.322 e. The molecule has 0 bridgehead atoms. The highest BCUT2D eigenvalue weighted by Gasteiger charge is 2.29. The van der Waals surface area contributed by atoms with Crippen LogP contribution >= 0.6 is 0 Å². The first-order valence-electron chi connectivity index (χ1n) is 9.14. The molecular formula is C20H22N6O. The summed E-state index contributed by atoms with van der Waals surface area (Å²) in [6.07, 6.45) is 7.45. The van der Waals surface area contributed by atoms with Crippen LogP contribution in [-0.4, -0.2) is 43.3 Å². The molecule has 1 atom stereocenters. The summed E-state index contributed by atoms with van der Waals surface area (Å²) in [4.78, 5) is 23.3. The van der Waals surface area contributed by atoms with Crippen LogP contribution in [0.25, 0.3) is 11.3 Å². The molecule has 0 radical (unpaired) electrons. The number of aryl methyl sites for hydroxylation is 1. The van der Waals surface area contributed by atoms with Crippen molar-refractivity contribution in [2.45, 2.75) is 32.4 Å². The van der Waals surface area contributed by atoms with Gasteiger partial charge in [-0.1, -0.05) is 12.1 Å². The predicted molar refractivity (Wildman–Crippen MR) is 103 cm³/mol. The molecule has 1 saturated heterocycles. The van der Waals surface area contributed by atoms with Crippen LogP contribution in [0.15, 0.2) is 55.0 Å². The molecule has 2 amide bonds. The number of hydrogen-bond acceptors (Lipinski definition) is 4. The molecule has 0 aliphatic carbocycles. The maximum absolute atomic E-state index is 12.8. The number of rotatable bonds is 4. The lowest BCUT2D eigenvalue weighted by molar-refractivity contribution is 0.199. The van der Waals surface area contributed by atoms with Gasteiger partial charge in [0.25, 0.3) is 0 Å². The molecule has 1 aromatic carbocycles. The molecule has 2 aromatic heterocycles. The number of hydrogen-bond donors (Lipinski definition) is 1. The highest BCUT2D eigenvalue weighted by Crippen LogP contribution is 2.23. The van der Waals surface area contributed by atoms with Crippen molar-refractivity contribution in [2.24, 2.45) is 0 Å². The summed E-state index contributed by atoms with van der Waals surface area (Å²) in [6.45, 7) is 3.35. The molecule has 7 nitrogen and oxygen atoms in total. The summed E-state index contributed by atoms with van der Waals surface area (Å²) in [5.74, 6) is 0.723. The Morgan fingerprint density at radius 1 is 1.26 bits per heavy atom. The summed E-state index contributed by atoms with van der Waals surface area (Å²) in [7, 11) is 0. The van der Waals surface area contributed by atoms with Gasteiger partial charge in [0, 0.05) is 36.4 Å². The molecule has 1 unspecified atom stereocenters. The van der Waals surface area contributed by atoms with Crippen LogP contribution < -0.4 is 5.32 Å². The third-order valence-corrected chi connectivity index (χ3v) is 4.78. The van der Waals surface area contributed by atoms with Gasteiger partial charge in [0.15, 0.2) is 0 Å². The smallest absolute Gasteiger partial charge is 0.320 e. The molecule has 4 rings (SSSR count). The van der Waals surface area contributed by atoms with Crippen molar-refractivity contribution in [1.29, 1.82) is 0 Å². The van der Waals surface area contributed by atoms with E-state index in [9.17, 15) is 4.79 Å². The average molecular weight is 362 g/mol. The van der Waals surface area contributed by atoms with Crippen LogP contribution in [0.2, 0.25) is 0 Å². The maximum atomic E-state index is 12.8. The molecule has 27 heavy (non-hydrogen) atoms. The van der Waals surface area contributed by atoms with Gasteiger partial charge in [-0.2, -0.15) is 5.10 Å². The van der Waals surface area contributed by atoms with Gasteiger partial charge in [-0.3, -0.25) is 4.68 Å². The number of benzene rings is 1. The number of nitrogens with one attached hydrogen (secondary N) is 1. The number of aromatic nitrogens is 4. The van der Waals surface area contributed by atoms with Gasteiger partial charge in [-0.15, -0.1) is 0 Å². The van der Waals surface area contributed by atoms with Crippen molar-refractivity contribution >= 4 is 11.7 Å². The summed E-state index contributed by atoms with van der Waals surface area (Å²) >= 11 is 0. The minimum atomic E-state index is -0.0688. The van der Waals surface area contributed by atoms with Crippen molar-refractivity contribution in [2.75, 3.05) is 11.9 Å². The van der Waals surface area contributed by atoms with Crippen LogP contribution in [0.5, 0.6) is 0 Å². The fourth-order valence-electron chi connectivity index (χ4n) is 3.49. The number of nitrogens with zero attached hydrogens (tertiary/aromatic N) is 5. The Hall–Kier alpha value is -3.22. The van der Waals surface area contributed by atoms with Gasteiger partial charge in [-0.05, 0) is 44.0 Å². The van der Waals surface area contributed by atoms with E-state index in [0.717, 1.165) is 48.7 Å². The van der Waals surface area contributed by atoms with E-state index >= 15 is 0 Å². The molecule has 7 heteroatoms. The highest BCUT2D eigenvalue weighted by molar-refractivity contribution is 5.90. The first-order chi connectivity index (χ1) is 13.2. The Kier molecular flexibility index (Phi) is 4.82. The highest BCUT2D eigenvalue weighted by atomic mass is 16.2. The summed E-state index contributed by atoms with van der Waals surface area (Å²) in [6, 6.07) is 11.6. The fourth-order valence-corrected chi connectivity index (χ4v) is 3.49. The van der Waals surface area contributed by atoms with E-state index in [4.69, 9.17) is 0 Å². The molecular weight excluding hydrogens is 340 g/mol. The standard InChI is InChI=1S/C20H22N6O/c1-15-21-10-8-19(23-15)16-5-2-6-17(13-16)24-20(27)26-12-3-7-18(26)14-25-11-4-9-22-25/h2,4-6,8-11,13,18H,3,7,12,14H2,1H3,(H,24,27). The predicted octanol–water partition coefficient (Wildman–Crippen LogP) is 3.35. The van der Waals surface area contributed by atoms with Gasteiger partial charge >= 0.3 is 6.03 Å². The van der Waals surface area contributed by atoms with Gasteiger partial charge in [0.05, 0.1) is 18.3 Å². The van der Waals surface area contributed by atoms with E-state index in [0.29, 0.717) is 0 Å². The summed E-state index contributed by atoms with van der Waals surface area (Å²) in [5, 5.41) is 7.29.